The monoisotopic (exact) mass is 444 g/mol. The van der Waals surface area contributed by atoms with Crippen LogP contribution in [0.2, 0.25) is 0 Å². The van der Waals surface area contributed by atoms with E-state index in [1.54, 1.807) is 0 Å². The highest BCUT2D eigenvalue weighted by Crippen LogP contribution is 2.33. The van der Waals surface area contributed by atoms with Gasteiger partial charge in [0.05, 0.1) is 11.2 Å². The minimum atomic E-state index is 0.514. The molecule has 0 bridgehead atoms. The van der Waals surface area contributed by atoms with E-state index in [1.807, 2.05) is 36.7 Å². The van der Waals surface area contributed by atoms with E-state index in [9.17, 15) is 0 Å². The van der Waals surface area contributed by atoms with Gasteiger partial charge >= 0.3 is 0 Å². The summed E-state index contributed by atoms with van der Waals surface area (Å²) < 4.78 is 0. The number of nitrogen functional groups attached to an aromatic ring is 1. The summed E-state index contributed by atoms with van der Waals surface area (Å²) in [6.07, 6.45) is 8.37. The van der Waals surface area contributed by atoms with Crippen LogP contribution in [0.1, 0.15) is 28.8 Å². The molecule has 168 valence electrons. The van der Waals surface area contributed by atoms with Crippen LogP contribution < -0.4 is 5.73 Å². The average Bonchev–Trinajstić information content (AvgIpc) is 2.90. The van der Waals surface area contributed by atoms with Crippen molar-refractivity contribution in [3.05, 3.63) is 120 Å². The fraction of sp³-hybridized carbons (Fsp3) is 0.167. The van der Waals surface area contributed by atoms with Crippen LogP contribution in [0.5, 0.6) is 0 Å². The second-order valence-corrected chi connectivity index (χ2v) is 8.55. The molecule has 0 amide bonds. The molecule has 2 aromatic carbocycles. The van der Waals surface area contributed by atoms with Crippen LogP contribution >= 0.6 is 0 Å². The fourth-order valence-corrected chi connectivity index (χ4v) is 4.54. The minimum absolute atomic E-state index is 0.514. The molecule has 0 aliphatic rings. The van der Waals surface area contributed by atoms with Gasteiger partial charge in [-0.25, -0.2) is 4.98 Å². The molecule has 4 nitrogen and oxygen atoms in total. The third-order valence-corrected chi connectivity index (χ3v) is 6.26. The van der Waals surface area contributed by atoms with Crippen LogP contribution in [0, 0.1) is 0 Å². The summed E-state index contributed by atoms with van der Waals surface area (Å²) in [5, 5.41) is 0.906. The normalized spacial score (nSPS) is 11.1. The lowest BCUT2D eigenvalue weighted by molar-refractivity contribution is 0.800. The maximum atomic E-state index is 6.43. The predicted molar refractivity (Wildman–Crippen MR) is 139 cm³/mol. The molecule has 3 aromatic heterocycles. The molecule has 0 fully saturated rings. The van der Waals surface area contributed by atoms with Gasteiger partial charge in [-0.3, -0.25) is 9.97 Å². The molecule has 4 heteroatoms. The molecular formula is C30H28N4. The molecule has 0 saturated carbocycles. The van der Waals surface area contributed by atoms with Crippen LogP contribution in [0.4, 0.5) is 5.82 Å². The number of aryl methyl sites for hydroxylation is 4. The van der Waals surface area contributed by atoms with E-state index >= 15 is 0 Å². The van der Waals surface area contributed by atoms with E-state index in [1.165, 1.54) is 11.1 Å². The number of hydrogen-bond acceptors (Lipinski definition) is 4. The number of nitrogens with zero attached hydrogens (tertiary/aromatic N) is 3. The maximum absolute atomic E-state index is 6.43. The van der Waals surface area contributed by atoms with Crippen molar-refractivity contribution >= 4 is 16.7 Å². The number of rotatable bonds is 8. The summed E-state index contributed by atoms with van der Waals surface area (Å²) >= 11 is 0. The first-order valence-electron chi connectivity index (χ1n) is 11.8. The van der Waals surface area contributed by atoms with Gasteiger partial charge in [0.2, 0.25) is 0 Å². The lowest BCUT2D eigenvalue weighted by atomic mass is 9.95. The smallest absolute Gasteiger partial charge is 0.133 e. The van der Waals surface area contributed by atoms with E-state index in [0.29, 0.717) is 5.82 Å². The summed E-state index contributed by atoms with van der Waals surface area (Å²) in [6.45, 7) is 0. The SMILES string of the molecule is Nc1nc(-c2cccnc2CCCc2ccccc2)c(CCc2ccccc2)c2ncccc12. The Morgan fingerprint density at radius 3 is 2.06 bits per heavy atom. The van der Waals surface area contributed by atoms with Crippen molar-refractivity contribution in [2.75, 3.05) is 5.73 Å². The first-order chi connectivity index (χ1) is 16.8. The molecular weight excluding hydrogens is 416 g/mol. The van der Waals surface area contributed by atoms with Crippen molar-refractivity contribution in [2.24, 2.45) is 0 Å². The van der Waals surface area contributed by atoms with E-state index < -0.39 is 0 Å². The summed E-state index contributed by atoms with van der Waals surface area (Å²) in [7, 11) is 0. The van der Waals surface area contributed by atoms with E-state index in [4.69, 9.17) is 20.7 Å². The Morgan fingerprint density at radius 2 is 1.29 bits per heavy atom. The summed E-state index contributed by atoms with van der Waals surface area (Å²) in [5.74, 6) is 0.514. The molecule has 0 aliphatic heterocycles. The third kappa shape index (κ3) is 4.81. The number of fused-ring (bicyclic) bond motifs is 1. The quantitative estimate of drug-likeness (QED) is 0.308. The maximum Gasteiger partial charge on any atom is 0.133 e. The van der Waals surface area contributed by atoms with Gasteiger partial charge in [-0.2, -0.15) is 0 Å². The van der Waals surface area contributed by atoms with Gasteiger partial charge in [0.25, 0.3) is 0 Å². The van der Waals surface area contributed by atoms with Gasteiger partial charge < -0.3 is 5.73 Å². The van der Waals surface area contributed by atoms with Gasteiger partial charge in [0.1, 0.15) is 5.82 Å². The standard InChI is InChI=1S/C30H28N4/c31-30-26-16-9-21-33-28(26)25(19-18-23-12-5-2-6-13-23)29(34-30)24-15-8-20-32-27(24)17-7-14-22-10-3-1-4-11-22/h1-6,8-13,15-16,20-21H,7,14,17-19H2,(H2,31,34). The number of benzene rings is 2. The number of nitrogens with two attached hydrogens (primary N) is 1. The van der Waals surface area contributed by atoms with Crippen molar-refractivity contribution in [3.8, 4) is 11.3 Å². The zero-order chi connectivity index (χ0) is 23.2. The number of aromatic nitrogens is 3. The molecule has 0 unspecified atom stereocenters. The van der Waals surface area contributed by atoms with Crippen LogP contribution in [0.3, 0.4) is 0 Å². The largest absolute Gasteiger partial charge is 0.383 e. The van der Waals surface area contributed by atoms with Crippen LogP contribution in [0.15, 0.2) is 97.3 Å². The van der Waals surface area contributed by atoms with Crippen LogP contribution in [-0.2, 0) is 25.7 Å². The predicted octanol–water partition coefficient (Wildman–Crippen LogP) is 6.23. The molecule has 0 aliphatic carbocycles. The molecule has 2 N–H and O–H groups in total. The van der Waals surface area contributed by atoms with E-state index in [-0.39, 0.29) is 0 Å². The molecule has 0 radical (unpaired) electrons. The molecule has 34 heavy (non-hydrogen) atoms. The molecule has 0 spiro atoms. The topological polar surface area (TPSA) is 64.7 Å². The van der Waals surface area contributed by atoms with E-state index in [2.05, 4.69) is 60.7 Å². The van der Waals surface area contributed by atoms with Gasteiger partial charge in [-0.1, -0.05) is 60.7 Å². The third-order valence-electron chi connectivity index (χ3n) is 6.26. The van der Waals surface area contributed by atoms with Crippen molar-refractivity contribution in [1.29, 1.82) is 0 Å². The Balaban J connectivity index is 1.51. The van der Waals surface area contributed by atoms with Crippen LogP contribution in [0.25, 0.3) is 22.2 Å². The van der Waals surface area contributed by atoms with Gasteiger partial charge in [0, 0.05) is 34.6 Å². The zero-order valence-corrected chi connectivity index (χ0v) is 19.2. The zero-order valence-electron chi connectivity index (χ0n) is 19.2. The van der Waals surface area contributed by atoms with Crippen molar-refractivity contribution < 1.29 is 0 Å². The molecule has 5 rings (SSSR count). The fourth-order valence-electron chi connectivity index (χ4n) is 4.54. The second kappa shape index (κ2) is 10.3. The first kappa shape index (κ1) is 21.8. The lowest BCUT2D eigenvalue weighted by Gasteiger charge is -2.16. The Hall–Kier alpha value is -4.05. The summed E-state index contributed by atoms with van der Waals surface area (Å²) in [4.78, 5) is 14.4. The van der Waals surface area contributed by atoms with E-state index in [0.717, 1.165) is 65.5 Å². The van der Waals surface area contributed by atoms with Gasteiger partial charge in [-0.15, -0.1) is 0 Å². The Kier molecular flexibility index (Phi) is 6.57. The lowest BCUT2D eigenvalue weighted by Crippen LogP contribution is -2.06. The highest BCUT2D eigenvalue weighted by Gasteiger charge is 2.18. The summed E-state index contributed by atoms with van der Waals surface area (Å²) in [6, 6.07) is 29.2. The first-order valence-corrected chi connectivity index (χ1v) is 11.8. The Labute approximate surface area is 200 Å². The number of pyridine rings is 3. The minimum Gasteiger partial charge on any atom is -0.383 e. The molecule has 0 atom stereocenters. The number of hydrogen-bond donors (Lipinski definition) is 1. The van der Waals surface area contributed by atoms with Crippen molar-refractivity contribution in [3.63, 3.8) is 0 Å². The molecule has 0 saturated heterocycles. The Bertz CT molecular complexity index is 1380. The average molecular weight is 445 g/mol. The Morgan fingerprint density at radius 1 is 0.618 bits per heavy atom. The highest BCUT2D eigenvalue weighted by molar-refractivity contribution is 5.94. The van der Waals surface area contributed by atoms with Gasteiger partial charge in [0.15, 0.2) is 0 Å². The van der Waals surface area contributed by atoms with Crippen molar-refractivity contribution in [2.45, 2.75) is 32.1 Å². The second-order valence-electron chi connectivity index (χ2n) is 8.55. The van der Waals surface area contributed by atoms with Gasteiger partial charge in [-0.05, 0) is 67.5 Å². The molecule has 5 aromatic rings. The van der Waals surface area contributed by atoms with Crippen LogP contribution in [-0.4, -0.2) is 15.0 Å². The summed E-state index contributed by atoms with van der Waals surface area (Å²) in [5.41, 5.74) is 14.1. The highest BCUT2D eigenvalue weighted by atomic mass is 14.9. The number of anilines is 1. The van der Waals surface area contributed by atoms with Crippen molar-refractivity contribution in [1.82, 2.24) is 15.0 Å². The molecule has 3 heterocycles.